The Labute approximate surface area is 112 Å². The first kappa shape index (κ1) is 15.4. The summed E-state index contributed by atoms with van der Waals surface area (Å²) in [6, 6.07) is -0.467. The molecule has 0 spiro atoms. The number of hydrogen-bond acceptors (Lipinski definition) is 4. The van der Waals surface area contributed by atoms with Crippen molar-refractivity contribution < 1.29 is 19.2 Å². The molecular weight excluding hydrogens is 250 g/mol. The zero-order valence-corrected chi connectivity index (χ0v) is 11.8. The number of hydrogen-bond donors (Lipinski definition) is 2. The Morgan fingerprint density at radius 2 is 2.05 bits per heavy atom. The highest BCUT2D eigenvalue weighted by atomic mass is 16.6. The van der Waals surface area contributed by atoms with E-state index in [1.54, 1.807) is 13.8 Å². The number of urea groups is 1. The van der Waals surface area contributed by atoms with Crippen molar-refractivity contribution in [1.82, 2.24) is 15.7 Å². The van der Waals surface area contributed by atoms with E-state index in [-0.39, 0.29) is 24.8 Å². The number of hydroxylamine groups is 1. The van der Waals surface area contributed by atoms with Crippen LogP contribution in [0.4, 0.5) is 4.79 Å². The van der Waals surface area contributed by atoms with Gasteiger partial charge in [-0.1, -0.05) is 13.8 Å². The Kier molecular flexibility index (Phi) is 4.88. The number of carbonyl (C=O) groups is 3. The molecule has 2 N–H and O–H groups in total. The maximum atomic E-state index is 11.8. The van der Waals surface area contributed by atoms with Gasteiger partial charge in [0.15, 0.2) is 0 Å². The molecule has 0 aliphatic carbocycles. The van der Waals surface area contributed by atoms with E-state index in [0.29, 0.717) is 12.5 Å². The SMILES string of the molecule is CC(C)CONC(=O)CCN1C(=O)NC(C)(C)C1=O. The number of rotatable bonds is 6. The molecule has 0 radical (unpaired) electrons. The van der Waals surface area contributed by atoms with Crippen molar-refractivity contribution >= 4 is 17.8 Å². The predicted octanol–water partition coefficient (Wildman–Crippen LogP) is 0.411. The lowest BCUT2D eigenvalue weighted by atomic mass is 10.1. The molecule has 1 rings (SSSR count). The van der Waals surface area contributed by atoms with Gasteiger partial charge in [0.25, 0.3) is 5.91 Å². The molecule has 1 saturated heterocycles. The molecule has 7 nitrogen and oxygen atoms in total. The molecule has 1 aliphatic rings. The maximum Gasteiger partial charge on any atom is 0.325 e. The summed E-state index contributed by atoms with van der Waals surface area (Å²) in [4.78, 5) is 40.8. The molecule has 1 heterocycles. The number of imide groups is 1. The van der Waals surface area contributed by atoms with Crippen molar-refractivity contribution in [2.75, 3.05) is 13.2 Å². The third kappa shape index (κ3) is 4.20. The average molecular weight is 271 g/mol. The molecule has 1 fully saturated rings. The standard InChI is InChI=1S/C12H21N3O4/c1-8(2)7-19-14-9(16)5-6-15-10(17)12(3,4)13-11(15)18/h8H,5-7H2,1-4H3,(H,13,18)(H,14,16). The minimum atomic E-state index is -0.901. The molecule has 108 valence electrons. The highest BCUT2D eigenvalue weighted by Gasteiger charge is 2.43. The van der Waals surface area contributed by atoms with Gasteiger partial charge in [-0.2, -0.15) is 0 Å². The lowest BCUT2D eigenvalue weighted by Gasteiger charge is -2.15. The summed E-state index contributed by atoms with van der Waals surface area (Å²) in [5.74, 6) is -0.369. The molecule has 0 saturated carbocycles. The summed E-state index contributed by atoms with van der Waals surface area (Å²) >= 11 is 0. The van der Waals surface area contributed by atoms with E-state index < -0.39 is 11.6 Å². The van der Waals surface area contributed by atoms with Crippen molar-refractivity contribution in [3.05, 3.63) is 0 Å². The fraction of sp³-hybridized carbons (Fsp3) is 0.750. The van der Waals surface area contributed by atoms with Crippen molar-refractivity contribution in [2.45, 2.75) is 39.7 Å². The maximum absolute atomic E-state index is 11.8. The van der Waals surface area contributed by atoms with Crippen LogP contribution in [0.15, 0.2) is 0 Å². The minimum absolute atomic E-state index is 0.0212. The summed E-state index contributed by atoms with van der Waals surface area (Å²) in [6.07, 6.45) is 0.0212. The van der Waals surface area contributed by atoms with E-state index in [1.165, 1.54) is 0 Å². The van der Waals surface area contributed by atoms with Crippen molar-refractivity contribution in [3.8, 4) is 0 Å². The zero-order valence-electron chi connectivity index (χ0n) is 11.8. The van der Waals surface area contributed by atoms with Gasteiger partial charge in [-0.05, 0) is 19.8 Å². The van der Waals surface area contributed by atoms with Crippen LogP contribution in [-0.4, -0.2) is 41.4 Å². The molecule has 0 aromatic carbocycles. The van der Waals surface area contributed by atoms with Crippen LogP contribution in [0.5, 0.6) is 0 Å². The Hall–Kier alpha value is -1.63. The lowest BCUT2D eigenvalue weighted by molar-refractivity contribution is -0.135. The zero-order chi connectivity index (χ0) is 14.6. The first-order chi connectivity index (χ1) is 8.74. The van der Waals surface area contributed by atoms with Crippen LogP contribution in [0, 0.1) is 5.92 Å². The predicted molar refractivity (Wildman–Crippen MR) is 67.9 cm³/mol. The Bertz CT molecular complexity index is 379. The fourth-order valence-corrected chi connectivity index (χ4v) is 1.57. The van der Waals surface area contributed by atoms with Crippen LogP contribution < -0.4 is 10.8 Å². The van der Waals surface area contributed by atoms with E-state index in [4.69, 9.17) is 4.84 Å². The van der Waals surface area contributed by atoms with E-state index >= 15 is 0 Å². The van der Waals surface area contributed by atoms with Gasteiger partial charge < -0.3 is 5.32 Å². The molecule has 4 amide bonds. The normalized spacial score (nSPS) is 17.8. The molecular formula is C12H21N3O4. The molecule has 0 bridgehead atoms. The van der Waals surface area contributed by atoms with Crippen LogP contribution in [0.25, 0.3) is 0 Å². The first-order valence-corrected chi connectivity index (χ1v) is 6.29. The number of amides is 4. The van der Waals surface area contributed by atoms with E-state index in [9.17, 15) is 14.4 Å². The second-order valence-corrected chi connectivity index (χ2v) is 5.49. The second kappa shape index (κ2) is 6.01. The highest BCUT2D eigenvalue weighted by molar-refractivity contribution is 6.06. The van der Waals surface area contributed by atoms with Gasteiger partial charge in [0.05, 0.1) is 6.61 Å². The fourth-order valence-electron chi connectivity index (χ4n) is 1.57. The average Bonchev–Trinajstić information content (AvgIpc) is 2.46. The number of nitrogens with zero attached hydrogens (tertiary/aromatic N) is 1. The quantitative estimate of drug-likeness (QED) is 0.541. The van der Waals surface area contributed by atoms with Crippen LogP contribution in [0.2, 0.25) is 0 Å². The smallest absolute Gasteiger partial charge is 0.324 e. The van der Waals surface area contributed by atoms with E-state index in [2.05, 4.69) is 10.8 Å². The first-order valence-electron chi connectivity index (χ1n) is 6.29. The van der Waals surface area contributed by atoms with Crippen LogP contribution in [0.3, 0.4) is 0 Å². The van der Waals surface area contributed by atoms with E-state index in [0.717, 1.165) is 4.90 Å². The third-order valence-corrected chi connectivity index (χ3v) is 2.61. The monoisotopic (exact) mass is 271 g/mol. The summed E-state index contributed by atoms with van der Waals surface area (Å²) in [5.41, 5.74) is 1.38. The molecule has 0 atom stereocenters. The molecule has 0 aromatic heterocycles. The Morgan fingerprint density at radius 1 is 1.42 bits per heavy atom. The van der Waals surface area contributed by atoms with Crippen molar-refractivity contribution in [1.29, 1.82) is 0 Å². The minimum Gasteiger partial charge on any atom is -0.324 e. The molecule has 0 unspecified atom stereocenters. The largest absolute Gasteiger partial charge is 0.325 e. The topological polar surface area (TPSA) is 87.7 Å². The Balaban J connectivity index is 2.35. The van der Waals surface area contributed by atoms with E-state index in [1.807, 2.05) is 13.8 Å². The van der Waals surface area contributed by atoms with Crippen molar-refractivity contribution in [2.24, 2.45) is 5.92 Å². The summed E-state index contributed by atoms with van der Waals surface area (Å²) in [6.45, 7) is 7.63. The number of carbonyl (C=O) groups excluding carboxylic acids is 3. The van der Waals surface area contributed by atoms with Gasteiger partial charge in [-0.15, -0.1) is 0 Å². The number of nitrogens with one attached hydrogen (secondary N) is 2. The van der Waals surface area contributed by atoms with Gasteiger partial charge in [0, 0.05) is 13.0 Å². The second-order valence-electron chi connectivity index (χ2n) is 5.49. The highest BCUT2D eigenvalue weighted by Crippen LogP contribution is 2.16. The van der Waals surface area contributed by atoms with Crippen molar-refractivity contribution in [3.63, 3.8) is 0 Å². The summed E-state index contributed by atoms with van der Waals surface area (Å²) < 4.78 is 0. The van der Waals surface area contributed by atoms with Gasteiger partial charge >= 0.3 is 6.03 Å². The van der Waals surface area contributed by atoms with Crippen LogP contribution in [-0.2, 0) is 14.4 Å². The van der Waals surface area contributed by atoms with Gasteiger partial charge in [0.1, 0.15) is 5.54 Å². The molecule has 19 heavy (non-hydrogen) atoms. The molecule has 7 heteroatoms. The summed E-state index contributed by atoms with van der Waals surface area (Å²) in [7, 11) is 0. The van der Waals surface area contributed by atoms with Gasteiger partial charge in [0.2, 0.25) is 5.91 Å². The van der Waals surface area contributed by atoms with Gasteiger partial charge in [-0.3, -0.25) is 19.3 Å². The lowest BCUT2D eigenvalue weighted by Crippen LogP contribution is -2.40. The molecule has 0 aromatic rings. The van der Waals surface area contributed by atoms with Crippen LogP contribution in [0.1, 0.15) is 34.1 Å². The molecule has 1 aliphatic heterocycles. The van der Waals surface area contributed by atoms with Gasteiger partial charge in [-0.25, -0.2) is 10.3 Å². The Morgan fingerprint density at radius 3 is 2.53 bits per heavy atom. The summed E-state index contributed by atoms with van der Waals surface area (Å²) in [5, 5.41) is 2.55. The third-order valence-electron chi connectivity index (χ3n) is 2.61. The van der Waals surface area contributed by atoms with Crippen LogP contribution >= 0.6 is 0 Å².